The van der Waals surface area contributed by atoms with Crippen molar-refractivity contribution in [2.45, 2.75) is 47.5 Å². The summed E-state index contributed by atoms with van der Waals surface area (Å²) in [6.45, 7) is 10.9. The van der Waals surface area contributed by atoms with Crippen LogP contribution in [0.4, 0.5) is 0 Å². The van der Waals surface area contributed by atoms with Crippen molar-refractivity contribution in [2.75, 3.05) is 13.7 Å². The molecule has 1 rings (SSSR count). The third-order valence-electron chi connectivity index (χ3n) is 3.72. The first-order valence-electron chi connectivity index (χ1n) is 6.61. The number of allylic oxidation sites excluding steroid dienone is 2. The molecule has 0 aromatic carbocycles. The van der Waals surface area contributed by atoms with E-state index >= 15 is 0 Å². The minimum absolute atomic E-state index is 0.00975. The predicted octanol–water partition coefficient (Wildman–Crippen LogP) is 3.92. The van der Waals surface area contributed by atoms with E-state index < -0.39 is 5.41 Å². The van der Waals surface area contributed by atoms with Gasteiger partial charge in [-0.05, 0) is 25.7 Å². The third kappa shape index (κ3) is 2.92. The van der Waals surface area contributed by atoms with Crippen molar-refractivity contribution in [3.63, 3.8) is 0 Å². The average molecular weight is 250 g/mol. The Morgan fingerprint density at radius 2 is 1.78 bits per heavy atom. The molecule has 2 nitrogen and oxygen atoms in total. The van der Waals surface area contributed by atoms with Gasteiger partial charge in [0.1, 0.15) is 5.78 Å². The van der Waals surface area contributed by atoms with E-state index in [0.29, 0.717) is 13.0 Å². The van der Waals surface area contributed by atoms with Gasteiger partial charge in [-0.3, -0.25) is 4.79 Å². The Kier molecular flexibility index (Phi) is 4.55. The number of rotatable bonds is 4. The van der Waals surface area contributed by atoms with Crippen molar-refractivity contribution < 1.29 is 9.53 Å². The van der Waals surface area contributed by atoms with Crippen LogP contribution in [0.25, 0.3) is 0 Å². The summed E-state index contributed by atoms with van der Waals surface area (Å²) in [5, 5.41) is 0. The van der Waals surface area contributed by atoms with Crippen LogP contribution in [-0.2, 0) is 9.53 Å². The fourth-order valence-corrected chi connectivity index (χ4v) is 2.67. The summed E-state index contributed by atoms with van der Waals surface area (Å²) in [6, 6.07) is 0. The molecule has 0 saturated heterocycles. The number of ether oxygens (including phenoxy) is 1. The lowest BCUT2D eigenvalue weighted by Crippen LogP contribution is -2.41. The van der Waals surface area contributed by atoms with Crippen molar-refractivity contribution in [1.29, 1.82) is 0 Å². The van der Waals surface area contributed by atoms with Crippen molar-refractivity contribution in [3.8, 4) is 0 Å². The molecular formula is C16H26O2. The van der Waals surface area contributed by atoms with Crippen LogP contribution >= 0.6 is 0 Å². The summed E-state index contributed by atoms with van der Waals surface area (Å²) < 4.78 is 5.36. The number of Topliss-reactive ketones (excluding diaryl/α,β-unsaturated/α-hetero) is 1. The van der Waals surface area contributed by atoms with Gasteiger partial charge >= 0.3 is 0 Å². The van der Waals surface area contributed by atoms with E-state index in [1.807, 2.05) is 0 Å². The summed E-state index contributed by atoms with van der Waals surface area (Å²) in [4.78, 5) is 12.8. The lowest BCUT2D eigenvalue weighted by molar-refractivity contribution is -0.129. The minimum atomic E-state index is -0.527. The van der Waals surface area contributed by atoms with E-state index in [9.17, 15) is 4.79 Å². The molecule has 0 amide bonds. The van der Waals surface area contributed by atoms with Gasteiger partial charge in [0.15, 0.2) is 0 Å². The summed E-state index contributed by atoms with van der Waals surface area (Å²) in [7, 11) is 1.67. The molecule has 0 spiro atoms. The first kappa shape index (κ1) is 15.2. The van der Waals surface area contributed by atoms with Crippen LogP contribution in [-0.4, -0.2) is 19.5 Å². The normalized spacial score (nSPS) is 19.2. The van der Waals surface area contributed by atoms with E-state index in [-0.39, 0.29) is 11.2 Å². The molecule has 0 fully saturated rings. The van der Waals surface area contributed by atoms with Gasteiger partial charge in [0.25, 0.3) is 0 Å². The Morgan fingerprint density at radius 3 is 2.17 bits per heavy atom. The highest BCUT2D eigenvalue weighted by molar-refractivity contribution is 5.92. The van der Waals surface area contributed by atoms with Crippen molar-refractivity contribution in [3.05, 3.63) is 23.3 Å². The highest BCUT2D eigenvalue weighted by Crippen LogP contribution is 2.42. The number of ketones is 1. The average Bonchev–Trinajstić information content (AvgIpc) is 2.21. The lowest BCUT2D eigenvalue weighted by Gasteiger charge is -2.38. The van der Waals surface area contributed by atoms with Crippen molar-refractivity contribution >= 4 is 5.78 Å². The van der Waals surface area contributed by atoms with Gasteiger partial charge in [0.2, 0.25) is 0 Å². The quantitative estimate of drug-likeness (QED) is 0.707. The highest BCUT2D eigenvalue weighted by Gasteiger charge is 2.43. The first-order valence-corrected chi connectivity index (χ1v) is 6.61. The standard InChI is InChI=1S/C16H26O2/c1-12-8-7-9-13(2)16(12,11-18-6)14(17)10-15(3,4)5/h8-9H,7,10-11H2,1-6H3. The SMILES string of the molecule is COCC1(C(=O)CC(C)(C)C)C(C)=CCC=C1C. The maximum absolute atomic E-state index is 12.8. The number of hydrogen-bond acceptors (Lipinski definition) is 2. The number of methoxy groups -OCH3 is 1. The van der Waals surface area contributed by atoms with E-state index in [1.54, 1.807) is 7.11 Å². The molecule has 0 unspecified atom stereocenters. The topological polar surface area (TPSA) is 26.3 Å². The van der Waals surface area contributed by atoms with Crippen LogP contribution in [0.2, 0.25) is 0 Å². The molecule has 18 heavy (non-hydrogen) atoms. The van der Waals surface area contributed by atoms with Crippen molar-refractivity contribution in [2.24, 2.45) is 10.8 Å². The van der Waals surface area contributed by atoms with Crippen LogP contribution in [0.15, 0.2) is 23.3 Å². The summed E-state index contributed by atoms with van der Waals surface area (Å²) in [5.74, 6) is 0.277. The second-order valence-corrected chi connectivity index (χ2v) is 6.51. The second kappa shape index (κ2) is 5.40. The first-order chi connectivity index (χ1) is 8.24. The zero-order valence-corrected chi connectivity index (χ0v) is 12.6. The molecule has 0 aliphatic heterocycles. The molecule has 0 radical (unpaired) electrons. The molecule has 0 N–H and O–H groups in total. The van der Waals surface area contributed by atoms with E-state index in [2.05, 4.69) is 46.8 Å². The molecule has 0 bridgehead atoms. The van der Waals surface area contributed by atoms with Gasteiger partial charge in [0.05, 0.1) is 12.0 Å². The maximum atomic E-state index is 12.8. The fourth-order valence-electron chi connectivity index (χ4n) is 2.67. The molecule has 0 saturated carbocycles. The van der Waals surface area contributed by atoms with Gasteiger partial charge < -0.3 is 4.74 Å². The Morgan fingerprint density at radius 1 is 1.28 bits per heavy atom. The van der Waals surface area contributed by atoms with Crippen LogP contribution < -0.4 is 0 Å². The summed E-state index contributed by atoms with van der Waals surface area (Å²) in [5.41, 5.74) is 1.76. The van der Waals surface area contributed by atoms with Gasteiger partial charge in [-0.1, -0.05) is 44.1 Å². The zero-order chi connectivity index (χ0) is 14.0. The maximum Gasteiger partial charge on any atom is 0.149 e. The molecule has 0 aromatic heterocycles. The van der Waals surface area contributed by atoms with Crippen molar-refractivity contribution in [1.82, 2.24) is 0 Å². The number of carbonyl (C=O) groups excluding carboxylic acids is 1. The van der Waals surface area contributed by atoms with Crippen LogP contribution in [0, 0.1) is 10.8 Å². The Hall–Kier alpha value is -0.890. The Balaban J connectivity index is 3.14. The highest BCUT2D eigenvalue weighted by atomic mass is 16.5. The molecular weight excluding hydrogens is 224 g/mol. The molecule has 1 aliphatic rings. The Bertz CT molecular complexity index is 362. The largest absolute Gasteiger partial charge is 0.383 e. The number of hydrogen-bond donors (Lipinski definition) is 0. The summed E-state index contributed by atoms with van der Waals surface area (Å²) in [6.07, 6.45) is 5.79. The van der Waals surface area contributed by atoms with E-state index in [0.717, 1.165) is 17.6 Å². The second-order valence-electron chi connectivity index (χ2n) is 6.51. The summed E-state index contributed by atoms with van der Waals surface area (Å²) >= 11 is 0. The molecule has 102 valence electrons. The molecule has 0 heterocycles. The monoisotopic (exact) mass is 250 g/mol. The number of carbonyl (C=O) groups is 1. The minimum Gasteiger partial charge on any atom is -0.383 e. The molecule has 0 aromatic rings. The van der Waals surface area contributed by atoms with E-state index in [4.69, 9.17) is 4.74 Å². The van der Waals surface area contributed by atoms with Crippen LogP contribution in [0.3, 0.4) is 0 Å². The van der Waals surface area contributed by atoms with Gasteiger partial charge in [-0.15, -0.1) is 0 Å². The van der Waals surface area contributed by atoms with Gasteiger partial charge in [-0.2, -0.15) is 0 Å². The molecule has 0 atom stereocenters. The molecule has 2 heteroatoms. The predicted molar refractivity (Wildman–Crippen MR) is 75.5 cm³/mol. The van der Waals surface area contributed by atoms with E-state index in [1.165, 1.54) is 0 Å². The fraction of sp³-hybridized carbons (Fsp3) is 0.688. The van der Waals surface area contributed by atoms with Gasteiger partial charge in [-0.25, -0.2) is 0 Å². The lowest BCUT2D eigenvalue weighted by atomic mass is 9.66. The zero-order valence-electron chi connectivity index (χ0n) is 12.6. The van der Waals surface area contributed by atoms with Crippen LogP contribution in [0.5, 0.6) is 0 Å². The third-order valence-corrected chi connectivity index (χ3v) is 3.72. The Labute approximate surface area is 111 Å². The van der Waals surface area contributed by atoms with Gasteiger partial charge in [0, 0.05) is 13.5 Å². The molecule has 1 aliphatic carbocycles. The smallest absolute Gasteiger partial charge is 0.149 e. The van der Waals surface area contributed by atoms with Crippen LogP contribution in [0.1, 0.15) is 47.5 Å².